The van der Waals surface area contributed by atoms with E-state index in [4.69, 9.17) is 11.6 Å². The van der Waals surface area contributed by atoms with Crippen LogP contribution >= 0.6 is 11.6 Å². The molecule has 1 aromatic heterocycles. The average Bonchev–Trinajstić information content (AvgIpc) is 2.58. The second kappa shape index (κ2) is 6.96. The van der Waals surface area contributed by atoms with Crippen LogP contribution < -0.4 is 10.2 Å². The molecule has 23 heavy (non-hydrogen) atoms. The third kappa shape index (κ3) is 3.79. The molecule has 1 unspecified atom stereocenters. The van der Waals surface area contributed by atoms with Gasteiger partial charge in [-0.3, -0.25) is 9.78 Å². The van der Waals surface area contributed by atoms with Crippen LogP contribution in [-0.2, 0) is 4.79 Å². The summed E-state index contributed by atoms with van der Waals surface area (Å²) in [6.07, 6.45) is 6.92. The Balaban J connectivity index is 1.67. The first-order chi connectivity index (χ1) is 11.1. The Kier molecular flexibility index (Phi) is 4.76. The van der Waals surface area contributed by atoms with Crippen LogP contribution in [0.25, 0.3) is 0 Å². The lowest BCUT2D eigenvalue weighted by molar-refractivity contribution is -0.120. The lowest BCUT2D eigenvalue weighted by atomic mass is 9.97. The molecule has 2 aromatic rings. The molecular formula is C17H19ClN4O. The van der Waals surface area contributed by atoms with Gasteiger partial charge in [0.1, 0.15) is 5.82 Å². The van der Waals surface area contributed by atoms with Crippen LogP contribution in [0, 0.1) is 12.8 Å². The molecule has 1 amide bonds. The summed E-state index contributed by atoms with van der Waals surface area (Å²) in [6, 6.07) is 5.49. The fraction of sp³-hybridized carbons (Fsp3) is 0.353. The zero-order valence-corrected chi connectivity index (χ0v) is 13.8. The summed E-state index contributed by atoms with van der Waals surface area (Å²) >= 11 is 5.96. The van der Waals surface area contributed by atoms with Crippen LogP contribution in [0.15, 0.2) is 36.8 Å². The third-order valence-electron chi connectivity index (χ3n) is 4.11. The molecule has 120 valence electrons. The number of benzene rings is 1. The number of rotatable bonds is 3. The van der Waals surface area contributed by atoms with Crippen molar-refractivity contribution < 1.29 is 4.79 Å². The van der Waals surface area contributed by atoms with Gasteiger partial charge in [-0.2, -0.15) is 0 Å². The number of anilines is 2. The maximum absolute atomic E-state index is 12.6. The molecule has 0 spiro atoms. The van der Waals surface area contributed by atoms with E-state index in [1.165, 1.54) is 0 Å². The van der Waals surface area contributed by atoms with Gasteiger partial charge < -0.3 is 10.2 Å². The summed E-state index contributed by atoms with van der Waals surface area (Å²) in [6.45, 7) is 3.51. The van der Waals surface area contributed by atoms with Crippen LogP contribution in [0.2, 0.25) is 5.02 Å². The van der Waals surface area contributed by atoms with Crippen LogP contribution in [-0.4, -0.2) is 29.0 Å². The number of halogens is 1. The molecule has 0 aliphatic carbocycles. The van der Waals surface area contributed by atoms with Crippen molar-refractivity contribution in [1.82, 2.24) is 9.97 Å². The Morgan fingerprint density at radius 1 is 1.39 bits per heavy atom. The Labute approximate surface area is 140 Å². The topological polar surface area (TPSA) is 58.1 Å². The number of piperidine rings is 1. The molecule has 1 aliphatic rings. The van der Waals surface area contributed by atoms with Crippen LogP contribution in [0.3, 0.4) is 0 Å². The van der Waals surface area contributed by atoms with Crippen molar-refractivity contribution in [2.45, 2.75) is 19.8 Å². The van der Waals surface area contributed by atoms with Gasteiger partial charge in [0.2, 0.25) is 5.91 Å². The molecule has 0 saturated carbocycles. The summed E-state index contributed by atoms with van der Waals surface area (Å²) in [5, 5.41) is 3.69. The molecule has 1 fully saturated rings. The number of hydrogen-bond donors (Lipinski definition) is 1. The number of nitrogens with one attached hydrogen (secondary N) is 1. The minimum absolute atomic E-state index is 0.0454. The fourth-order valence-electron chi connectivity index (χ4n) is 2.86. The number of aryl methyl sites for hydroxylation is 1. The average molecular weight is 331 g/mol. The fourth-order valence-corrected chi connectivity index (χ4v) is 3.08. The zero-order chi connectivity index (χ0) is 16.2. The van der Waals surface area contributed by atoms with Gasteiger partial charge in [0.05, 0.1) is 12.1 Å². The Bertz CT molecular complexity index is 692. The van der Waals surface area contributed by atoms with Gasteiger partial charge in [0.25, 0.3) is 0 Å². The predicted octanol–water partition coefficient (Wildman–Crippen LogP) is 3.29. The Hall–Kier alpha value is -2.14. The lowest BCUT2D eigenvalue weighted by Crippen LogP contribution is -2.41. The quantitative estimate of drug-likeness (QED) is 0.938. The van der Waals surface area contributed by atoms with E-state index >= 15 is 0 Å². The first kappa shape index (κ1) is 15.7. The lowest BCUT2D eigenvalue weighted by Gasteiger charge is -2.32. The molecule has 0 radical (unpaired) electrons. The van der Waals surface area contributed by atoms with E-state index in [1.807, 2.05) is 19.1 Å². The smallest absolute Gasteiger partial charge is 0.229 e. The van der Waals surface area contributed by atoms with Gasteiger partial charge in [0, 0.05) is 36.2 Å². The number of amides is 1. The SMILES string of the molecule is Cc1cc(Cl)ccc1NC(=O)C1CCCN(c2cnccn2)C1. The predicted molar refractivity (Wildman–Crippen MR) is 91.8 cm³/mol. The summed E-state index contributed by atoms with van der Waals surface area (Å²) in [4.78, 5) is 23.1. The van der Waals surface area contributed by atoms with Crippen molar-refractivity contribution >= 4 is 29.0 Å². The van der Waals surface area contributed by atoms with E-state index < -0.39 is 0 Å². The number of carbonyl (C=O) groups is 1. The Morgan fingerprint density at radius 2 is 2.26 bits per heavy atom. The second-order valence-electron chi connectivity index (χ2n) is 5.80. The Morgan fingerprint density at radius 3 is 3.00 bits per heavy atom. The molecule has 1 atom stereocenters. The standard InChI is InChI=1S/C17H19ClN4O/c1-12-9-14(18)4-5-15(12)21-17(23)13-3-2-8-22(11-13)16-10-19-6-7-20-16/h4-7,9-10,13H,2-3,8,11H2,1H3,(H,21,23). The molecule has 1 N–H and O–H groups in total. The first-order valence-corrected chi connectivity index (χ1v) is 8.09. The number of aromatic nitrogens is 2. The summed E-state index contributed by atoms with van der Waals surface area (Å²) in [5.74, 6) is 0.817. The molecule has 1 saturated heterocycles. The van der Waals surface area contributed by atoms with Crippen LogP contribution in [0.4, 0.5) is 11.5 Å². The highest BCUT2D eigenvalue weighted by Gasteiger charge is 2.26. The normalized spacial score (nSPS) is 17.8. The highest BCUT2D eigenvalue weighted by Crippen LogP contribution is 2.24. The van der Waals surface area contributed by atoms with Crippen molar-refractivity contribution in [3.63, 3.8) is 0 Å². The van der Waals surface area contributed by atoms with Gasteiger partial charge in [-0.25, -0.2) is 4.98 Å². The van der Waals surface area contributed by atoms with Crippen molar-refractivity contribution in [2.24, 2.45) is 5.92 Å². The van der Waals surface area contributed by atoms with Crippen molar-refractivity contribution in [2.75, 3.05) is 23.3 Å². The van der Waals surface area contributed by atoms with Gasteiger partial charge in [-0.1, -0.05) is 11.6 Å². The molecular weight excluding hydrogens is 312 g/mol. The highest BCUT2D eigenvalue weighted by atomic mass is 35.5. The van der Waals surface area contributed by atoms with Gasteiger partial charge in [-0.05, 0) is 43.5 Å². The molecule has 5 nitrogen and oxygen atoms in total. The molecule has 0 bridgehead atoms. The van der Waals surface area contributed by atoms with E-state index in [2.05, 4.69) is 20.2 Å². The van der Waals surface area contributed by atoms with Gasteiger partial charge in [-0.15, -0.1) is 0 Å². The van der Waals surface area contributed by atoms with E-state index in [-0.39, 0.29) is 11.8 Å². The third-order valence-corrected chi connectivity index (χ3v) is 4.35. The summed E-state index contributed by atoms with van der Waals surface area (Å²) < 4.78 is 0. The minimum atomic E-state index is -0.0548. The van der Waals surface area contributed by atoms with Gasteiger partial charge in [0.15, 0.2) is 0 Å². The highest BCUT2D eigenvalue weighted by molar-refractivity contribution is 6.30. The maximum Gasteiger partial charge on any atom is 0.229 e. The molecule has 1 aromatic carbocycles. The molecule has 3 rings (SSSR count). The number of nitrogens with zero attached hydrogens (tertiary/aromatic N) is 3. The summed E-state index contributed by atoms with van der Waals surface area (Å²) in [7, 11) is 0. The van der Waals surface area contributed by atoms with Crippen molar-refractivity contribution in [1.29, 1.82) is 0 Å². The molecule has 1 aliphatic heterocycles. The monoisotopic (exact) mass is 330 g/mol. The minimum Gasteiger partial charge on any atom is -0.355 e. The maximum atomic E-state index is 12.6. The van der Waals surface area contributed by atoms with Crippen molar-refractivity contribution in [3.05, 3.63) is 47.4 Å². The van der Waals surface area contributed by atoms with Crippen LogP contribution in [0.5, 0.6) is 0 Å². The largest absolute Gasteiger partial charge is 0.355 e. The second-order valence-corrected chi connectivity index (χ2v) is 6.23. The molecule has 6 heteroatoms. The molecule has 2 heterocycles. The van der Waals surface area contributed by atoms with Gasteiger partial charge >= 0.3 is 0 Å². The zero-order valence-electron chi connectivity index (χ0n) is 13.0. The van der Waals surface area contributed by atoms with E-state index in [1.54, 1.807) is 24.7 Å². The number of carbonyl (C=O) groups excluding carboxylic acids is 1. The number of hydrogen-bond acceptors (Lipinski definition) is 4. The van der Waals surface area contributed by atoms with Crippen molar-refractivity contribution in [3.8, 4) is 0 Å². The van der Waals surface area contributed by atoms with E-state index in [0.717, 1.165) is 36.5 Å². The first-order valence-electron chi connectivity index (χ1n) is 7.71. The van der Waals surface area contributed by atoms with Crippen LogP contribution in [0.1, 0.15) is 18.4 Å². The van der Waals surface area contributed by atoms with E-state index in [9.17, 15) is 4.79 Å². The summed E-state index contributed by atoms with van der Waals surface area (Å²) in [5.41, 5.74) is 1.78. The van der Waals surface area contributed by atoms with E-state index in [0.29, 0.717) is 11.6 Å².